The Labute approximate surface area is 128 Å². The third kappa shape index (κ3) is 2.21. The fraction of sp³-hybridized carbons (Fsp3) is 0.0667. The van der Waals surface area contributed by atoms with Crippen LogP contribution < -0.4 is 5.56 Å². The highest BCUT2D eigenvalue weighted by Crippen LogP contribution is 2.17. The maximum atomic E-state index is 12.3. The molecule has 4 heterocycles. The van der Waals surface area contributed by atoms with Gasteiger partial charge in [0.05, 0.1) is 24.1 Å². The minimum absolute atomic E-state index is 0.0733. The lowest BCUT2D eigenvalue weighted by atomic mass is 10.2. The van der Waals surface area contributed by atoms with Gasteiger partial charge in [-0.25, -0.2) is 4.98 Å². The van der Waals surface area contributed by atoms with E-state index in [1.54, 1.807) is 12.3 Å². The van der Waals surface area contributed by atoms with Gasteiger partial charge in [0.1, 0.15) is 10.4 Å². The molecule has 0 aromatic carbocycles. The Morgan fingerprint density at radius 3 is 3.00 bits per heavy atom. The van der Waals surface area contributed by atoms with Gasteiger partial charge in [-0.05, 0) is 23.6 Å². The van der Waals surface area contributed by atoms with Crippen molar-refractivity contribution in [1.29, 1.82) is 0 Å². The minimum Gasteiger partial charge on any atom is -0.359 e. The zero-order valence-electron chi connectivity index (χ0n) is 11.3. The Morgan fingerprint density at radius 2 is 2.14 bits per heavy atom. The van der Waals surface area contributed by atoms with E-state index in [4.69, 9.17) is 4.52 Å². The quantitative estimate of drug-likeness (QED) is 0.581. The molecule has 0 amide bonds. The van der Waals surface area contributed by atoms with Crippen LogP contribution in [0.25, 0.3) is 21.6 Å². The maximum Gasteiger partial charge on any atom is 0.271 e. The molecule has 0 aliphatic carbocycles. The summed E-state index contributed by atoms with van der Waals surface area (Å²) in [4.78, 5) is 20.8. The largest absolute Gasteiger partial charge is 0.359 e. The highest BCUT2D eigenvalue weighted by molar-refractivity contribution is 7.17. The highest BCUT2D eigenvalue weighted by Gasteiger charge is 2.10. The van der Waals surface area contributed by atoms with E-state index < -0.39 is 0 Å². The molecule has 4 aromatic heterocycles. The molecule has 0 radical (unpaired) electrons. The molecule has 4 aromatic rings. The Bertz CT molecular complexity index is 987. The molecular formula is C15H10N4O2S. The Kier molecular flexibility index (Phi) is 3.05. The summed E-state index contributed by atoms with van der Waals surface area (Å²) in [6.07, 6.45) is 3.23. The highest BCUT2D eigenvalue weighted by atomic mass is 32.1. The summed E-state index contributed by atoms with van der Waals surface area (Å²) in [5.41, 5.74) is 2.03. The van der Waals surface area contributed by atoms with Gasteiger partial charge < -0.3 is 4.52 Å². The summed E-state index contributed by atoms with van der Waals surface area (Å²) in [5.74, 6) is 0.584. The van der Waals surface area contributed by atoms with Crippen molar-refractivity contribution < 1.29 is 4.52 Å². The summed E-state index contributed by atoms with van der Waals surface area (Å²) in [6, 6.07) is 9.20. The van der Waals surface area contributed by atoms with Crippen LogP contribution in [-0.4, -0.2) is 19.7 Å². The second-order valence-electron chi connectivity index (χ2n) is 4.71. The first-order chi connectivity index (χ1) is 10.8. The van der Waals surface area contributed by atoms with Gasteiger partial charge in [-0.2, -0.15) is 0 Å². The number of rotatable bonds is 3. The molecule has 4 rings (SSSR count). The number of aromatic nitrogens is 4. The standard InChI is InChI=1S/C15H10N4O2S/c20-15-14-12(4-6-22-14)17-9-19(15)8-10-7-13(18-21-10)11-3-1-2-5-16-11/h1-7,9H,8H2. The molecular weight excluding hydrogens is 300 g/mol. The van der Waals surface area contributed by atoms with E-state index in [0.29, 0.717) is 22.7 Å². The fourth-order valence-electron chi connectivity index (χ4n) is 2.18. The minimum atomic E-state index is -0.0733. The molecule has 0 N–H and O–H groups in total. The van der Waals surface area contributed by atoms with Crippen molar-refractivity contribution in [2.24, 2.45) is 0 Å². The first kappa shape index (κ1) is 12.9. The second kappa shape index (κ2) is 5.19. The third-order valence-electron chi connectivity index (χ3n) is 3.25. The topological polar surface area (TPSA) is 73.8 Å². The number of hydrogen-bond donors (Lipinski definition) is 0. The van der Waals surface area contributed by atoms with Gasteiger partial charge in [-0.1, -0.05) is 11.2 Å². The number of pyridine rings is 1. The van der Waals surface area contributed by atoms with Gasteiger partial charge in [-0.15, -0.1) is 11.3 Å². The van der Waals surface area contributed by atoms with Crippen LogP contribution in [0.3, 0.4) is 0 Å². The predicted molar refractivity (Wildman–Crippen MR) is 82.7 cm³/mol. The lowest BCUT2D eigenvalue weighted by Crippen LogP contribution is -2.19. The van der Waals surface area contributed by atoms with Crippen molar-refractivity contribution in [3.63, 3.8) is 0 Å². The molecule has 0 saturated heterocycles. The molecule has 0 saturated carbocycles. The number of hydrogen-bond acceptors (Lipinski definition) is 6. The van der Waals surface area contributed by atoms with Gasteiger partial charge >= 0.3 is 0 Å². The van der Waals surface area contributed by atoms with Crippen molar-refractivity contribution in [1.82, 2.24) is 19.7 Å². The smallest absolute Gasteiger partial charge is 0.271 e. The average molecular weight is 310 g/mol. The van der Waals surface area contributed by atoms with Gasteiger partial charge in [0, 0.05) is 12.3 Å². The second-order valence-corrected chi connectivity index (χ2v) is 5.62. The van der Waals surface area contributed by atoms with E-state index in [9.17, 15) is 4.79 Å². The normalized spacial score (nSPS) is 11.1. The average Bonchev–Trinajstić information content (AvgIpc) is 3.20. The Balaban J connectivity index is 1.67. The summed E-state index contributed by atoms with van der Waals surface area (Å²) in [5, 5.41) is 5.85. The Hall–Kier alpha value is -2.80. The van der Waals surface area contributed by atoms with Crippen LogP contribution in [0.2, 0.25) is 0 Å². The first-order valence-electron chi connectivity index (χ1n) is 6.61. The van der Waals surface area contributed by atoms with Crippen molar-refractivity contribution in [2.75, 3.05) is 0 Å². The van der Waals surface area contributed by atoms with Crippen LogP contribution in [0.1, 0.15) is 5.76 Å². The summed E-state index contributed by atoms with van der Waals surface area (Å²) >= 11 is 1.39. The van der Waals surface area contributed by atoms with E-state index in [2.05, 4.69) is 15.1 Å². The van der Waals surface area contributed by atoms with Gasteiger partial charge in [0.15, 0.2) is 5.76 Å². The van der Waals surface area contributed by atoms with Crippen molar-refractivity contribution >= 4 is 21.6 Å². The molecule has 0 fully saturated rings. The summed E-state index contributed by atoms with van der Waals surface area (Å²) < 4.78 is 7.46. The molecule has 7 heteroatoms. The molecule has 0 atom stereocenters. The van der Waals surface area contributed by atoms with Gasteiger partial charge in [-0.3, -0.25) is 14.3 Å². The molecule has 22 heavy (non-hydrogen) atoms. The number of nitrogens with zero attached hydrogens (tertiary/aromatic N) is 4. The third-order valence-corrected chi connectivity index (χ3v) is 4.14. The number of fused-ring (bicyclic) bond motifs is 1. The zero-order valence-corrected chi connectivity index (χ0v) is 12.2. The summed E-state index contributed by atoms with van der Waals surface area (Å²) in [6.45, 7) is 0.291. The Morgan fingerprint density at radius 1 is 1.18 bits per heavy atom. The van der Waals surface area contributed by atoms with Crippen LogP contribution in [0.5, 0.6) is 0 Å². The molecule has 6 nitrogen and oxygen atoms in total. The zero-order chi connectivity index (χ0) is 14.9. The van der Waals surface area contributed by atoms with E-state index in [1.807, 2.05) is 29.6 Å². The maximum absolute atomic E-state index is 12.3. The van der Waals surface area contributed by atoms with Crippen LogP contribution in [-0.2, 0) is 6.54 Å². The van der Waals surface area contributed by atoms with Crippen molar-refractivity contribution in [3.8, 4) is 11.4 Å². The SMILES string of the molecule is O=c1c2sccc2ncn1Cc1cc(-c2ccccn2)no1. The van der Waals surface area contributed by atoms with E-state index in [-0.39, 0.29) is 5.56 Å². The van der Waals surface area contributed by atoms with E-state index in [0.717, 1.165) is 11.2 Å². The predicted octanol–water partition coefficient (Wildman–Crippen LogP) is 2.56. The van der Waals surface area contributed by atoms with Crippen LogP contribution in [0.4, 0.5) is 0 Å². The molecule has 0 bridgehead atoms. The first-order valence-corrected chi connectivity index (χ1v) is 7.49. The van der Waals surface area contributed by atoms with Crippen LogP contribution >= 0.6 is 11.3 Å². The molecule has 0 aliphatic rings. The summed E-state index contributed by atoms with van der Waals surface area (Å²) in [7, 11) is 0. The molecule has 0 unspecified atom stereocenters. The van der Waals surface area contributed by atoms with E-state index >= 15 is 0 Å². The monoisotopic (exact) mass is 310 g/mol. The van der Waals surface area contributed by atoms with Crippen molar-refractivity contribution in [2.45, 2.75) is 6.54 Å². The van der Waals surface area contributed by atoms with Gasteiger partial charge in [0.2, 0.25) is 0 Å². The molecule has 0 spiro atoms. The number of thiophene rings is 1. The van der Waals surface area contributed by atoms with Crippen LogP contribution in [0, 0.1) is 0 Å². The van der Waals surface area contributed by atoms with Gasteiger partial charge in [0.25, 0.3) is 5.56 Å². The van der Waals surface area contributed by atoms with E-state index in [1.165, 1.54) is 22.2 Å². The fourth-order valence-corrected chi connectivity index (χ4v) is 2.97. The van der Waals surface area contributed by atoms with Crippen molar-refractivity contribution in [3.05, 3.63) is 64.4 Å². The molecule has 108 valence electrons. The lowest BCUT2D eigenvalue weighted by Gasteiger charge is -2.01. The van der Waals surface area contributed by atoms with Crippen LogP contribution in [0.15, 0.2) is 57.6 Å². The molecule has 0 aliphatic heterocycles. The lowest BCUT2D eigenvalue weighted by molar-refractivity contribution is 0.376.